The summed E-state index contributed by atoms with van der Waals surface area (Å²) < 4.78 is 0. The van der Waals surface area contributed by atoms with E-state index in [1.165, 1.54) is 12.8 Å². The third-order valence-electron chi connectivity index (χ3n) is 3.72. The van der Waals surface area contributed by atoms with Crippen LogP contribution in [0.1, 0.15) is 38.2 Å². The second-order valence-electron chi connectivity index (χ2n) is 5.44. The average molecular weight is 272 g/mol. The van der Waals surface area contributed by atoms with Gasteiger partial charge in [-0.1, -0.05) is 49.0 Å². The minimum atomic E-state index is -0.133. The maximum absolute atomic E-state index is 6.50. The second-order valence-corrected chi connectivity index (χ2v) is 6.26. The Morgan fingerprint density at radius 1 is 1.35 bits per heavy atom. The van der Waals surface area contributed by atoms with Crippen LogP contribution in [0.25, 0.3) is 0 Å². The monoisotopic (exact) mass is 271 g/mol. The van der Waals surface area contributed by atoms with E-state index in [2.05, 4.69) is 6.92 Å². The minimum absolute atomic E-state index is 0.133. The molecule has 0 saturated heterocycles. The van der Waals surface area contributed by atoms with Gasteiger partial charge in [-0.15, -0.1) is 0 Å². The van der Waals surface area contributed by atoms with Crippen LogP contribution in [0.4, 0.5) is 0 Å². The van der Waals surface area contributed by atoms with Crippen molar-refractivity contribution in [3.63, 3.8) is 0 Å². The van der Waals surface area contributed by atoms with Crippen LogP contribution in [-0.2, 0) is 6.42 Å². The predicted molar refractivity (Wildman–Crippen MR) is 74.7 cm³/mol. The average Bonchev–Trinajstić information content (AvgIpc) is 2.23. The first-order valence-corrected chi connectivity index (χ1v) is 6.97. The van der Waals surface area contributed by atoms with Crippen LogP contribution < -0.4 is 5.73 Å². The number of halogens is 2. The van der Waals surface area contributed by atoms with Crippen molar-refractivity contribution in [1.29, 1.82) is 0 Å². The molecule has 17 heavy (non-hydrogen) atoms. The van der Waals surface area contributed by atoms with Gasteiger partial charge in [-0.3, -0.25) is 0 Å². The van der Waals surface area contributed by atoms with Crippen LogP contribution in [0.15, 0.2) is 18.2 Å². The maximum Gasteiger partial charge on any atom is 0.0453 e. The van der Waals surface area contributed by atoms with Crippen LogP contribution in [0.5, 0.6) is 0 Å². The summed E-state index contributed by atoms with van der Waals surface area (Å²) in [6, 6.07) is 5.65. The van der Waals surface area contributed by atoms with E-state index in [1.807, 2.05) is 18.2 Å². The van der Waals surface area contributed by atoms with Crippen LogP contribution in [-0.4, -0.2) is 5.54 Å². The molecule has 0 heterocycles. The summed E-state index contributed by atoms with van der Waals surface area (Å²) >= 11 is 12.4. The summed E-state index contributed by atoms with van der Waals surface area (Å²) in [5, 5.41) is 1.47. The van der Waals surface area contributed by atoms with Crippen molar-refractivity contribution < 1.29 is 0 Å². The Balaban J connectivity index is 2.19. The molecular weight excluding hydrogens is 253 g/mol. The third-order valence-corrected chi connectivity index (χ3v) is 4.43. The second kappa shape index (κ2) is 5.17. The fraction of sp³-hybridized carbons (Fsp3) is 0.571. The zero-order chi connectivity index (χ0) is 12.5. The molecule has 2 N–H and O–H groups in total. The van der Waals surface area contributed by atoms with Crippen LogP contribution in [0, 0.1) is 5.92 Å². The van der Waals surface area contributed by atoms with Crippen molar-refractivity contribution in [1.82, 2.24) is 0 Å². The van der Waals surface area contributed by atoms with Gasteiger partial charge in [0, 0.05) is 15.6 Å². The van der Waals surface area contributed by atoms with E-state index in [0.29, 0.717) is 5.92 Å². The molecule has 0 amide bonds. The highest BCUT2D eigenvalue weighted by molar-refractivity contribution is 6.36. The Morgan fingerprint density at radius 3 is 2.59 bits per heavy atom. The van der Waals surface area contributed by atoms with Gasteiger partial charge in [0.1, 0.15) is 0 Å². The number of benzene rings is 1. The Labute approximate surface area is 113 Å². The first kappa shape index (κ1) is 13.2. The first-order chi connectivity index (χ1) is 8.00. The molecule has 1 aromatic rings. The lowest BCUT2D eigenvalue weighted by Gasteiger charge is -2.37. The van der Waals surface area contributed by atoms with Crippen molar-refractivity contribution in [3.8, 4) is 0 Å². The van der Waals surface area contributed by atoms with E-state index in [0.717, 1.165) is 34.9 Å². The van der Waals surface area contributed by atoms with E-state index in [4.69, 9.17) is 28.9 Å². The molecular formula is C14H19Cl2N. The van der Waals surface area contributed by atoms with Crippen molar-refractivity contribution in [2.24, 2.45) is 11.7 Å². The molecule has 1 aliphatic rings. The Kier molecular flexibility index (Phi) is 4.02. The molecule has 2 rings (SSSR count). The van der Waals surface area contributed by atoms with Gasteiger partial charge in [0.15, 0.2) is 0 Å². The van der Waals surface area contributed by atoms with Gasteiger partial charge in [-0.25, -0.2) is 0 Å². The molecule has 0 aromatic heterocycles. The van der Waals surface area contributed by atoms with Crippen molar-refractivity contribution in [2.45, 2.75) is 44.6 Å². The fourth-order valence-corrected chi connectivity index (χ4v) is 3.45. The van der Waals surface area contributed by atoms with Crippen LogP contribution in [0.3, 0.4) is 0 Å². The van der Waals surface area contributed by atoms with E-state index in [9.17, 15) is 0 Å². The summed E-state index contributed by atoms with van der Waals surface area (Å²) in [5.41, 5.74) is 7.38. The van der Waals surface area contributed by atoms with Gasteiger partial charge in [0.25, 0.3) is 0 Å². The number of rotatable bonds is 2. The summed E-state index contributed by atoms with van der Waals surface area (Å²) in [4.78, 5) is 0. The molecule has 0 radical (unpaired) electrons. The summed E-state index contributed by atoms with van der Waals surface area (Å²) in [5.74, 6) is 0.704. The normalized spacial score (nSPS) is 29.3. The van der Waals surface area contributed by atoms with Gasteiger partial charge in [-0.05, 0) is 42.9 Å². The lowest BCUT2D eigenvalue weighted by atomic mass is 9.74. The van der Waals surface area contributed by atoms with Crippen LogP contribution >= 0.6 is 23.2 Å². The van der Waals surface area contributed by atoms with E-state index >= 15 is 0 Å². The topological polar surface area (TPSA) is 26.0 Å². The summed E-state index contributed by atoms with van der Waals surface area (Å²) in [7, 11) is 0. The third kappa shape index (κ3) is 3.15. The first-order valence-electron chi connectivity index (χ1n) is 6.22. The standard InChI is InChI=1S/C14H19Cl2N/c1-10-4-3-7-14(17,8-10)9-11-12(15)5-2-6-13(11)16/h2,5-6,10H,3-4,7-9,17H2,1H3. The van der Waals surface area contributed by atoms with Gasteiger partial charge in [0.05, 0.1) is 0 Å². The van der Waals surface area contributed by atoms with E-state index in [-0.39, 0.29) is 5.54 Å². The molecule has 1 saturated carbocycles. The summed E-state index contributed by atoms with van der Waals surface area (Å²) in [6.45, 7) is 2.27. The molecule has 0 bridgehead atoms. The highest BCUT2D eigenvalue weighted by Crippen LogP contribution is 2.36. The van der Waals surface area contributed by atoms with Gasteiger partial charge in [0.2, 0.25) is 0 Å². The van der Waals surface area contributed by atoms with Gasteiger partial charge >= 0.3 is 0 Å². The Morgan fingerprint density at radius 2 is 2.00 bits per heavy atom. The van der Waals surface area contributed by atoms with Crippen molar-refractivity contribution in [2.75, 3.05) is 0 Å². The van der Waals surface area contributed by atoms with Gasteiger partial charge < -0.3 is 5.73 Å². The number of hydrogen-bond donors (Lipinski definition) is 1. The molecule has 94 valence electrons. The number of nitrogens with two attached hydrogens (primary N) is 1. The molecule has 1 fully saturated rings. The van der Waals surface area contributed by atoms with Crippen LogP contribution in [0.2, 0.25) is 10.0 Å². The maximum atomic E-state index is 6.50. The Bertz CT molecular complexity index is 385. The lowest BCUT2D eigenvalue weighted by Crippen LogP contribution is -2.45. The molecule has 2 unspecified atom stereocenters. The highest BCUT2D eigenvalue weighted by Gasteiger charge is 2.32. The van der Waals surface area contributed by atoms with E-state index < -0.39 is 0 Å². The number of hydrogen-bond acceptors (Lipinski definition) is 1. The smallest absolute Gasteiger partial charge is 0.0453 e. The van der Waals surface area contributed by atoms with Crippen molar-refractivity contribution >= 4 is 23.2 Å². The molecule has 1 nitrogen and oxygen atoms in total. The molecule has 0 spiro atoms. The minimum Gasteiger partial charge on any atom is -0.325 e. The zero-order valence-corrected chi connectivity index (χ0v) is 11.7. The van der Waals surface area contributed by atoms with Gasteiger partial charge in [-0.2, -0.15) is 0 Å². The SMILES string of the molecule is CC1CCCC(N)(Cc2c(Cl)cccc2Cl)C1. The fourth-order valence-electron chi connectivity index (χ4n) is 2.91. The molecule has 3 heteroatoms. The molecule has 1 aromatic carbocycles. The Hall–Kier alpha value is -0.240. The molecule has 2 atom stereocenters. The molecule has 1 aliphatic carbocycles. The van der Waals surface area contributed by atoms with Crippen molar-refractivity contribution in [3.05, 3.63) is 33.8 Å². The predicted octanol–water partition coefficient (Wildman–Crippen LogP) is 4.44. The molecule has 0 aliphatic heterocycles. The highest BCUT2D eigenvalue weighted by atomic mass is 35.5. The lowest BCUT2D eigenvalue weighted by molar-refractivity contribution is 0.235. The zero-order valence-electron chi connectivity index (χ0n) is 10.2. The quantitative estimate of drug-likeness (QED) is 0.846. The van der Waals surface area contributed by atoms with E-state index in [1.54, 1.807) is 0 Å². The largest absolute Gasteiger partial charge is 0.325 e. The summed E-state index contributed by atoms with van der Waals surface area (Å²) in [6.07, 6.45) is 5.41.